The van der Waals surface area contributed by atoms with E-state index in [0.29, 0.717) is 23.0 Å². The molecule has 1 aromatic rings. The van der Waals surface area contributed by atoms with Gasteiger partial charge in [-0.15, -0.1) is 24.0 Å². The summed E-state index contributed by atoms with van der Waals surface area (Å²) < 4.78 is 46.5. The van der Waals surface area contributed by atoms with Gasteiger partial charge in [0.15, 0.2) is 17.5 Å². The summed E-state index contributed by atoms with van der Waals surface area (Å²) in [6, 6.07) is 3.09. The summed E-state index contributed by atoms with van der Waals surface area (Å²) in [6.07, 6.45) is 5.80. The van der Waals surface area contributed by atoms with E-state index in [9.17, 15) is 8.78 Å². The summed E-state index contributed by atoms with van der Waals surface area (Å²) >= 11 is 0. The Bertz CT molecular complexity index is 731. The molecule has 1 heterocycles. The van der Waals surface area contributed by atoms with Crippen molar-refractivity contribution in [3.8, 4) is 17.2 Å². The smallest absolute Gasteiger partial charge is 0.387 e. The van der Waals surface area contributed by atoms with Crippen LogP contribution in [0.2, 0.25) is 0 Å². The van der Waals surface area contributed by atoms with Gasteiger partial charge in [-0.25, -0.2) is 0 Å². The van der Waals surface area contributed by atoms with E-state index < -0.39 is 6.61 Å². The second kappa shape index (κ2) is 12.5. The van der Waals surface area contributed by atoms with Gasteiger partial charge in [0.2, 0.25) is 6.79 Å². The number of hydrogen-bond acceptors (Lipinski definition) is 5. The van der Waals surface area contributed by atoms with E-state index in [1.54, 1.807) is 13.1 Å². The second-order valence-corrected chi connectivity index (χ2v) is 7.63. The van der Waals surface area contributed by atoms with Gasteiger partial charge in [0, 0.05) is 45.0 Å². The minimum absolute atomic E-state index is 0. The molecule has 1 aliphatic carbocycles. The fourth-order valence-electron chi connectivity index (χ4n) is 4.05. The first-order valence-corrected chi connectivity index (χ1v) is 10.4. The number of guanidine groups is 1. The minimum Gasteiger partial charge on any atom is -0.454 e. The quantitative estimate of drug-likeness (QED) is 0.194. The van der Waals surface area contributed by atoms with Crippen LogP contribution in [0.1, 0.15) is 44.6 Å². The lowest BCUT2D eigenvalue weighted by atomic mass is 9.83. The number of nitrogens with one attached hydrogen (secondary N) is 2. The van der Waals surface area contributed by atoms with E-state index in [1.165, 1.54) is 31.7 Å². The monoisotopic (exact) mass is 555 g/mol. The Kier molecular flexibility index (Phi) is 10.3. The average molecular weight is 555 g/mol. The number of halogens is 3. The van der Waals surface area contributed by atoms with Gasteiger partial charge in [0.05, 0.1) is 0 Å². The van der Waals surface area contributed by atoms with Crippen molar-refractivity contribution in [3.05, 3.63) is 17.7 Å². The van der Waals surface area contributed by atoms with Crippen LogP contribution in [0.4, 0.5) is 8.78 Å². The largest absolute Gasteiger partial charge is 0.454 e. The Balaban J connectivity index is 0.00000341. The number of fused-ring (bicyclic) bond motifs is 1. The van der Waals surface area contributed by atoms with Gasteiger partial charge in [-0.2, -0.15) is 8.78 Å². The zero-order chi connectivity index (χ0) is 21.4. The Hall–Kier alpha value is -1.56. The van der Waals surface area contributed by atoms with Crippen molar-refractivity contribution in [1.29, 1.82) is 0 Å². The molecular formula is C21H32F2IN3O4. The highest BCUT2D eigenvalue weighted by atomic mass is 127. The van der Waals surface area contributed by atoms with E-state index in [0.717, 1.165) is 26.2 Å². The molecule has 1 fully saturated rings. The molecule has 2 N–H and O–H groups in total. The van der Waals surface area contributed by atoms with Crippen LogP contribution >= 0.6 is 24.0 Å². The normalized spacial score (nSPS) is 16.9. The summed E-state index contributed by atoms with van der Waals surface area (Å²) in [5.74, 6) is 1.58. The highest BCUT2D eigenvalue weighted by molar-refractivity contribution is 14.0. The summed E-state index contributed by atoms with van der Waals surface area (Å²) in [7, 11) is 1.69. The van der Waals surface area contributed by atoms with E-state index in [4.69, 9.17) is 14.2 Å². The van der Waals surface area contributed by atoms with Crippen molar-refractivity contribution in [3.63, 3.8) is 0 Å². The molecule has 1 aromatic carbocycles. The molecule has 0 unspecified atom stereocenters. The number of aliphatic imine (C=N–C) groups is 1. The fraction of sp³-hybridized carbons (Fsp3) is 0.667. The maximum Gasteiger partial charge on any atom is 0.387 e. The number of nitrogens with zero attached hydrogens (tertiary/aromatic N) is 1. The number of alkyl halides is 2. The van der Waals surface area contributed by atoms with Gasteiger partial charge in [-0.3, -0.25) is 4.99 Å². The molecule has 1 aliphatic heterocycles. The van der Waals surface area contributed by atoms with E-state index in [2.05, 4.69) is 20.4 Å². The van der Waals surface area contributed by atoms with Gasteiger partial charge in [-0.05, 0) is 37.7 Å². The van der Waals surface area contributed by atoms with Crippen molar-refractivity contribution in [2.24, 2.45) is 10.4 Å². The van der Waals surface area contributed by atoms with E-state index in [-0.39, 0.29) is 48.5 Å². The molecule has 0 aromatic heterocycles. The highest BCUT2D eigenvalue weighted by Gasteiger charge is 2.33. The maximum atomic E-state index is 12.8. The first kappa shape index (κ1) is 25.7. The number of benzene rings is 1. The molecule has 10 heteroatoms. The molecule has 0 amide bonds. The summed E-state index contributed by atoms with van der Waals surface area (Å²) in [4.78, 5) is 4.27. The van der Waals surface area contributed by atoms with Crippen LogP contribution in [-0.4, -0.2) is 46.2 Å². The Morgan fingerprint density at radius 2 is 1.90 bits per heavy atom. The molecular weight excluding hydrogens is 523 g/mol. The molecule has 0 bridgehead atoms. The van der Waals surface area contributed by atoms with Crippen LogP contribution in [0.5, 0.6) is 17.2 Å². The van der Waals surface area contributed by atoms with Gasteiger partial charge < -0.3 is 29.6 Å². The van der Waals surface area contributed by atoms with Crippen molar-refractivity contribution < 1.29 is 27.7 Å². The number of hydrogen-bond donors (Lipinski definition) is 2. The molecule has 31 heavy (non-hydrogen) atoms. The minimum atomic E-state index is -2.92. The SMILES string of the molecule is CCOCCC1(CNC(=NC)NCc2cc3c(cc2OC(F)F)OCO3)CCCC1.I. The Morgan fingerprint density at radius 3 is 2.55 bits per heavy atom. The molecule has 176 valence electrons. The van der Waals surface area contributed by atoms with Crippen LogP contribution < -0.4 is 24.8 Å². The van der Waals surface area contributed by atoms with Crippen molar-refractivity contribution in [2.75, 3.05) is 33.6 Å². The predicted octanol–water partition coefficient (Wildman–Crippen LogP) is 4.29. The number of ether oxygens (including phenoxy) is 4. The van der Waals surface area contributed by atoms with Crippen LogP contribution in [0.15, 0.2) is 17.1 Å². The first-order valence-electron chi connectivity index (χ1n) is 10.4. The van der Waals surface area contributed by atoms with Crippen LogP contribution in [0.3, 0.4) is 0 Å². The summed E-state index contributed by atoms with van der Waals surface area (Å²) in [6.45, 7) is 1.68. The lowest BCUT2D eigenvalue weighted by molar-refractivity contribution is -0.0505. The van der Waals surface area contributed by atoms with Crippen LogP contribution in [-0.2, 0) is 11.3 Å². The predicted molar refractivity (Wildman–Crippen MR) is 125 cm³/mol. The standard InChI is InChI=1S/C21H31F2N3O4.HI/c1-3-27-9-8-21(6-4-5-7-21)13-26-20(24-2)25-12-15-10-17-18(29-14-28-17)11-16(15)30-19(22)23;/h10-11,19H,3-9,12-14H2,1-2H3,(H2,24,25,26);1H. The number of rotatable bonds is 10. The zero-order valence-electron chi connectivity index (χ0n) is 18.0. The van der Waals surface area contributed by atoms with Gasteiger partial charge in [0.25, 0.3) is 0 Å². The van der Waals surface area contributed by atoms with E-state index in [1.807, 2.05) is 6.92 Å². The topological polar surface area (TPSA) is 73.3 Å². The molecule has 0 radical (unpaired) electrons. The van der Waals surface area contributed by atoms with Gasteiger partial charge >= 0.3 is 6.61 Å². The van der Waals surface area contributed by atoms with E-state index >= 15 is 0 Å². The molecule has 0 spiro atoms. The average Bonchev–Trinajstić information content (AvgIpc) is 3.37. The maximum absolute atomic E-state index is 12.8. The van der Waals surface area contributed by atoms with Crippen molar-refractivity contribution in [1.82, 2.24) is 10.6 Å². The zero-order valence-corrected chi connectivity index (χ0v) is 20.4. The van der Waals surface area contributed by atoms with Gasteiger partial charge in [-0.1, -0.05) is 12.8 Å². The summed E-state index contributed by atoms with van der Waals surface area (Å²) in [5.41, 5.74) is 0.740. The molecule has 0 saturated heterocycles. The molecule has 1 saturated carbocycles. The third-order valence-corrected chi connectivity index (χ3v) is 5.72. The lowest BCUT2D eigenvalue weighted by Crippen LogP contribution is -2.43. The first-order chi connectivity index (χ1) is 14.5. The molecule has 3 rings (SSSR count). The third-order valence-electron chi connectivity index (χ3n) is 5.72. The highest BCUT2D eigenvalue weighted by Crippen LogP contribution is 2.41. The lowest BCUT2D eigenvalue weighted by Gasteiger charge is -2.30. The Morgan fingerprint density at radius 1 is 1.19 bits per heavy atom. The fourth-order valence-corrected chi connectivity index (χ4v) is 4.05. The van der Waals surface area contributed by atoms with Crippen molar-refractivity contribution >= 4 is 29.9 Å². The third kappa shape index (κ3) is 7.23. The Labute approximate surface area is 199 Å². The van der Waals surface area contributed by atoms with Crippen molar-refractivity contribution in [2.45, 2.75) is 52.2 Å². The molecule has 0 atom stereocenters. The van der Waals surface area contributed by atoms with Crippen LogP contribution in [0.25, 0.3) is 0 Å². The van der Waals surface area contributed by atoms with Gasteiger partial charge in [0.1, 0.15) is 5.75 Å². The molecule has 2 aliphatic rings. The summed E-state index contributed by atoms with van der Waals surface area (Å²) in [5, 5.41) is 6.59. The van der Waals surface area contributed by atoms with Crippen LogP contribution in [0, 0.1) is 5.41 Å². The molecule has 7 nitrogen and oxygen atoms in total. The second-order valence-electron chi connectivity index (χ2n) is 7.63.